The summed E-state index contributed by atoms with van der Waals surface area (Å²) in [6.07, 6.45) is 4.25. The van der Waals surface area contributed by atoms with Crippen molar-refractivity contribution in [1.82, 2.24) is 4.90 Å². The van der Waals surface area contributed by atoms with E-state index >= 15 is 0 Å². The topological polar surface area (TPSA) is 65.5 Å². The number of nitrogens with one attached hydrogen (secondary N) is 1. The van der Waals surface area contributed by atoms with Crippen LogP contribution in [0.2, 0.25) is 0 Å². The summed E-state index contributed by atoms with van der Waals surface area (Å²) in [7, 11) is 3.67. The number of aliphatic imine (C=N–C) groups is 1. The van der Waals surface area contributed by atoms with Crippen LogP contribution in [0.3, 0.4) is 0 Å². The molecule has 0 saturated heterocycles. The Morgan fingerprint density at radius 2 is 2.20 bits per heavy atom. The van der Waals surface area contributed by atoms with Crippen molar-refractivity contribution in [2.75, 3.05) is 14.1 Å². The third-order valence-corrected chi connectivity index (χ3v) is 0.682. The molecule has 0 fully saturated rings. The first-order chi connectivity index (χ1) is 4.66. The van der Waals surface area contributed by atoms with Crippen molar-refractivity contribution in [3.8, 4) is 0 Å². The monoisotopic (exact) mass is 140 g/mol. The number of hydrogen-bond acceptors (Lipinski definition) is 2. The summed E-state index contributed by atoms with van der Waals surface area (Å²) in [6, 6.07) is 0. The fourth-order valence-corrected chi connectivity index (χ4v) is 0.312. The van der Waals surface area contributed by atoms with Gasteiger partial charge in [0.05, 0.1) is 6.34 Å². The van der Waals surface area contributed by atoms with Gasteiger partial charge in [-0.1, -0.05) is 0 Å². The van der Waals surface area contributed by atoms with E-state index in [1.54, 1.807) is 11.2 Å². The molecule has 0 saturated carbocycles. The maximum Gasteiger partial charge on any atom is 0.147 e. The van der Waals surface area contributed by atoms with Crippen molar-refractivity contribution < 1.29 is 0 Å². The highest BCUT2D eigenvalue weighted by Crippen LogP contribution is 1.76. The third-order valence-electron chi connectivity index (χ3n) is 0.682. The van der Waals surface area contributed by atoms with E-state index < -0.39 is 0 Å². The highest BCUT2D eigenvalue weighted by Gasteiger charge is 1.81. The normalized spacial score (nSPS) is 11.0. The summed E-state index contributed by atoms with van der Waals surface area (Å²) in [5.74, 6) is 0.149. The molecule has 0 bridgehead atoms. The zero-order chi connectivity index (χ0) is 7.98. The second kappa shape index (κ2) is 4.55. The van der Waals surface area contributed by atoms with Gasteiger partial charge in [-0.25, -0.2) is 4.99 Å². The van der Waals surface area contributed by atoms with Gasteiger partial charge in [-0.05, 0) is 12.3 Å². The van der Waals surface area contributed by atoms with Crippen LogP contribution >= 0.6 is 0 Å². The van der Waals surface area contributed by atoms with E-state index in [2.05, 4.69) is 4.99 Å². The van der Waals surface area contributed by atoms with Gasteiger partial charge in [0.25, 0.3) is 0 Å². The summed E-state index contributed by atoms with van der Waals surface area (Å²) in [6.45, 7) is 0. The first kappa shape index (κ1) is 8.68. The van der Waals surface area contributed by atoms with Crippen molar-refractivity contribution >= 4 is 12.2 Å². The van der Waals surface area contributed by atoms with Gasteiger partial charge in [0.1, 0.15) is 5.84 Å². The van der Waals surface area contributed by atoms with Crippen molar-refractivity contribution in [3.63, 3.8) is 0 Å². The minimum absolute atomic E-state index is 0.149. The van der Waals surface area contributed by atoms with Crippen LogP contribution in [0.1, 0.15) is 0 Å². The molecule has 10 heavy (non-hydrogen) atoms. The van der Waals surface area contributed by atoms with Crippen LogP contribution in [0.4, 0.5) is 0 Å². The molecule has 4 nitrogen and oxygen atoms in total. The maximum absolute atomic E-state index is 7.09. The molecule has 0 aliphatic heterocycles. The summed E-state index contributed by atoms with van der Waals surface area (Å²) in [5.41, 5.74) is 5.03. The standard InChI is InChI=1S/C6H12N4/c1-10(2)5-9-6(8)3-4-7/h3-5,8H,7H2,1-2H3/b4-3-,8-6?,9-5?. The summed E-state index contributed by atoms with van der Waals surface area (Å²) < 4.78 is 0. The first-order valence-corrected chi connectivity index (χ1v) is 2.84. The van der Waals surface area contributed by atoms with E-state index in [0.29, 0.717) is 0 Å². The van der Waals surface area contributed by atoms with E-state index in [9.17, 15) is 0 Å². The fourth-order valence-electron chi connectivity index (χ4n) is 0.312. The summed E-state index contributed by atoms with van der Waals surface area (Å²) in [5, 5.41) is 7.09. The zero-order valence-electron chi connectivity index (χ0n) is 6.20. The highest BCUT2D eigenvalue weighted by molar-refractivity contribution is 5.95. The van der Waals surface area contributed by atoms with Gasteiger partial charge < -0.3 is 10.6 Å². The van der Waals surface area contributed by atoms with Gasteiger partial charge in [-0.3, -0.25) is 5.41 Å². The largest absolute Gasteiger partial charge is 0.404 e. The number of nitrogens with zero attached hydrogens (tertiary/aromatic N) is 2. The molecule has 0 unspecified atom stereocenters. The van der Waals surface area contributed by atoms with E-state index in [-0.39, 0.29) is 5.84 Å². The lowest BCUT2D eigenvalue weighted by atomic mass is 10.6. The van der Waals surface area contributed by atoms with Crippen LogP contribution < -0.4 is 5.73 Å². The first-order valence-electron chi connectivity index (χ1n) is 2.84. The molecular formula is C6H12N4. The molecule has 0 aromatic carbocycles. The van der Waals surface area contributed by atoms with Gasteiger partial charge in [0.15, 0.2) is 0 Å². The Morgan fingerprint density at radius 3 is 2.60 bits per heavy atom. The van der Waals surface area contributed by atoms with Gasteiger partial charge in [-0.2, -0.15) is 0 Å². The van der Waals surface area contributed by atoms with Crippen LogP contribution in [0.25, 0.3) is 0 Å². The number of amidine groups is 1. The van der Waals surface area contributed by atoms with Crippen LogP contribution in [0.5, 0.6) is 0 Å². The smallest absolute Gasteiger partial charge is 0.147 e. The van der Waals surface area contributed by atoms with Gasteiger partial charge in [-0.15, -0.1) is 0 Å². The molecule has 0 aliphatic carbocycles. The fraction of sp³-hybridized carbons (Fsp3) is 0.333. The maximum atomic E-state index is 7.09. The Labute approximate surface area is 60.6 Å². The minimum atomic E-state index is 0.149. The molecule has 0 aliphatic rings. The number of rotatable bonds is 2. The SMILES string of the molecule is CN(C)C=NC(=N)/C=C\N. The summed E-state index contributed by atoms with van der Waals surface area (Å²) >= 11 is 0. The van der Waals surface area contributed by atoms with E-state index in [4.69, 9.17) is 11.1 Å². The molecule has 0 aromatic rings. The molecule has 0 heterocycles. The Morgan fingerprint density at radius 1 is 1.60 bits per heavy atom. The molecule has 3 N–H and O–H groups in total. The third kappa shape index (κ3) is 4.83. The molecule has 0 spiro atoms. The molecule has 4 heteroatoms. The predicted molar refractivity (Wildman–Crippen MR) is 43.2 cm³/mol. The minimum Gasteiger partial charge on any atom is -0.404 e. The quantitative estimate of drug-likeness (QED) is 0.419. The lowest BCUT2D eigenvalue weighted by Gasteiger charge is -2.00. The van der Waals surface area contributed by atoms with Gasteiger partial charge in [0.2, 0.25) is 0 Å². The molecule has 0 rings (SSSR count). The lowest BCUT2D eigenvalue weighted by molar-refractivity contribution is 0.644. The Kier molecular flexibility index (Phi) is 3.95. The Balaban J connectivity index is 3.78. The molecule has 0 radical (unpaired) electrons. The summed E-state index contributed by atoms with van der Waals surface area (Å²) in [4.78, 5) is 5.48. The van der Waals surface area contributed by atoms with Crippen LogP contribution in [-0.4, -0.2) is 31.2 Å². The Bertz CT molecular complexity index is 157. The average molecular weight is 140 g/mol. The average Bonchev–Trinajstić information content (AvgIpc) is 1.85. The van der Waals surface area contributed by atoms with Crippen molar-refractivity contribution in [2.24, 2.45) is 10.7 Å². The van der Waals surface area contributed by atoms with Crippen molar-refractivity contribution in [2.45, 2.75) is 0 Å². The molecule has 0 aromatic heterocycles. The second-order valence-electron chi connectivity index (χ2n) is 1.95. The molecule has 0 atom stereocenters. The van der Waals surface area contributed by atoms with Crippen LogP contribution in [0, 0.1) is 5.41 Å². The number of hydrogen-bond donors (Lipinski definition) is 2. The van der Waals surface area contributed by atoms with Crippen LogP contribution in [-0.2, 0) is 0 Å². The highest BCUT2D eigenvalue weighted by atomic mass is 15.1. The van der Waals surface area contributed by atoms with Crippen molar-refractivity contribution in [1.29, 1.82) is 5.41 Å². The van der Waals surface area contributed by atoms with Crippen LogP contribution in [0.15, 0.2) is 17.3 Å². The molecule has 56 valence electrons. The van der Waals surface area contributed by atoms with Crippen molar-refractivity contribution in [3.05, 3.63) is 12.3 Å². The molecule has 0 amide bonds. The van der Waals surface area contributed by atoms with E-state index in [1.165, 1.54) is 12.3 Å². The second-order valence-corrected chi connectivity index (χ2v) is 1.95. The van der Waals surface area contributed by atoms with E-state index in [0.717, 1.165) is 0 Å². The van der Waals surface area contributed by atoms with E-state index in [1.807, 2.05) is 14.1 Å². The molecular weight excluding hydrogens is 128 g/mol. The zero-order valence-corrected chi connectivity index (χ0v) is 6.20. The lowest BCUT2D eigenvalue weighted by Crippen LogP contribution is -2.08. The van der Waals surface area contributed by atoms with Gasteiger partial charge in [0, 0.05) is 14.1 Å². The van der Waals surface area contributed by atoms with Gasteiger partial charge >= 0.3 is 0 Å². The Hall–Kier alpha value is -1.32. The predicted octanol–water partition coefficient (Wildman–Crippen LogP) is 0.0260. The number of nitrogens with two attached hydrogens (primary N) is 1.